The van der Waals surface area contributed by atoms with Gasteiger partial charge in [0.1, 0.15) is 11.8 Å². The number of urea groups is 1. The number of nitrogens with one attached hydrogen (secondary N) is 1. The summed E-state index contributed by atoms with van der Waals surface area (Å²) in [6, 6.07) is 13.1. The van der Waals surface area contributed by atoms with Gasteiger partial charge in [-0.2, -0.15) is 0 Å². The second-order valence-electron chi connectivity index (χ2n) is 6.40. The molecule has 0 saturated carbocycles. The van der Waals surface area contributed by atoms with Gasteiger partial charge in [-0.15, -0.1) is 0 Å². The second-order valence-corrected chi connectivity index (χ2v) is 6.40. The van der Waals surface area contributed by atoms with Gasteiger partial charge in [0.25, 0.3) is 0 Å². The predicted octanol–water partition coefficient (Wildman–Crippen LogP) is 2.92. The quantitative estimate of drug-likeness (QED) is 0.931. The number of carbonyl (C=O) groups excluding carboxylic acids is 1. The average Bonchev–Trinajstić information content (AvgIpc) is 3.33. The summed E-state index contributed by atoms with van der Waals surface area (Å²) in [6.45, 7) is 2.51. The monoisotopic (exact) mass is 342 g/mol. The Kier molecular flexibility index (Phi) is 4.46. The molecule has 1 atom stereocenters. The molecule has 6 nitrogen and oxygen atoms in total. The number of rotatable bonds is 3. The number of hydrogen-bond acceptors (Lipinski definition) is 4. The maximum absolute atomic E-state index is 12.8. The van der Waals surface area contributed by atoms with Crippen LogP contribution in [0.4, 0.5) is 4.79 Å². The first-order valence-corrected chi connectivity index (χ1v) is 8.67. The van der Waals surface area contributed by atoms with Gasteiger partial charge in [-0.25, -0.2) is 4.79 Å². The highest BCUT2D eigenvalue weighted by atomic mass is 16.7. The van der Waals surface area contributed by atoms with Crippen LogP contribution in [0.2, 0.25) is 0 Å². The number of ether oxygens (including phenoxy) is 2. The van der Waals surface area contributed by atoms with Crippen LogP contribution in [0, 0.1) is 0 Å². The third-order valence-corrected chi connectivity index (χ3v) is 4.85. The summed E-state index contributed by atoms with van der Waals surface area (Å²) in [6.07, 6.45) is 3.03. The van der Waals surface area contributed by atoms with Crippen LogP contribution < -0.4 is 5.32 Å². The van der Waals surface area contributed by atoms with Crippen molar-refractivity contribution in [1.29, 1.82) is 0 Å². The molecule has 1 aromatic carbocycles. The van der Waals surface area contributed by atoms with Crippen molar-refractivity contribution in [3.8, 4) is 0 Å². The van der Waals surface area contributed by atoms with Crippen LogP contribution in [0.5, 0.6) is 0 Å². The zero-order valence-corrected chi connectivity index (χ0v) is 14.0. The fourth-order valence-electron chi connectivity index (χ4n) is 3.47. The van der Waals surface area contributed by atoms with Crippen LogP contribution in [-0.2, 0) is 9.47 Å². The number of piperidine rings is 1. The fraction of sp³-hybridized carbons (Fsp3) is 0.421. The molecule has 2 amide bonds. The summed E-state index contributed by atoms with van der Waals surface area (Å²) in [5, 5.41) is 3.10. The van der Waals surface area contributed by atoms with Crippen LogP contribution in [0.15, 0.2) is 53.1 Å². The number of hydrogen-bond donors (Lipinski definition) is 1. The Morgan fingerprint density at radius 2 is 1.76 bits per heavy atom. The minimum absolute atomic E-state index is 0.0990. The van der Waals surface area contributed by atoms with E-state index >= 15 is 0 Å². The molecule has 1 aromatic heterocycles. The van der Waals surface area contributed by atoms with E-state index in [0.29, 0.717) is 39.1 Å². The summed E-state index contributed by atoms with van der Waals surface area (Å²) >= 11 is 0. The zero-order chi connectivity index (χ0) is 17.1. The third-order valence-electron chi connectivity index (χ3n) is 4.85. The van der Waals surface area contributed by atoms with Gasteiger partial charge in [0.15, 0.2) is 5.79 Å². The van der Waals surface area contributed by atoms with E-state index in [2.05, 4.69) is 5.32 Å². The Bertz CT molecular complexity index is 685. The molecule has 0 bridgehead atoms. The number of carbonyl (C=O) groups is 1. The molecular formula is C19H22N2O4. The Morgan fingerprint density at radius 3 is 2.40 bits per heavy atom. The molecule has 132 valence electrons. The van der Waals surface area contributed by atoms with E-state index in [4.69, 9.17) is 13.9 Å². The van der Waals surface area contributed by atoms with Crippen molar-refractivity contribution in [3.05, 3.63) is 60.1 Å². The number of likely N-dealkylation sites (tertiary alicyclic amines) is 1. The molecule has 4 rings (SSSR count). The molecule has 1 unspecified atom stereocenters. The van der Waals surface area contributed by atoms with Crippen molar-refractivity contribution >= 4 is 6.03 Å². The first-order valence-electron chi connectivity index (χ1n) is 8.67. The van der Waals surface area contributed by atoms with Gasteiger partial charge >= 0.3 is 6.03 Å². The zero-order valence-electron chi connectivity index (χ0n) is 14.0. The van der Waals surface area contributed by atoms with E-state index in [1.54, 1.807) is 6.26 Å². The lowest BCUT2D eigenvalue weighted by Gasteiger charge is -2.38. The minimum Gasteiger partial charge on any atom is -0.467 e. The lowest BCUT2D eigenvalue weighted by molar-refractivity contribution is -0.181. The molecule has 2 fully saturated rings. The largest absolute Gasteiger partial charge is 0.467 e. The van der Waals surface area contributed by atoms with Crippen molar-refractivity contribution in [3.63, 3.8) is 0 Å². The first kappa shape index (κ1) is 16.2. The Labute approximate surface area is 146 Å². The predicted molar refractivity (Wildman–Crippen MR) is 91.0 cm³/mol. The van der Waals surface area contributed by atoms with Gasteiger partial charge in [0, 0.05) is 25.9 Å². The Morgan fingerprint density at radius 1 is 1.04 bits per heavy atom. The summed E-state index contributed by atoms with van der Waals surface area (Å²) < 4.78 is 17.0. The van der Waals surface area contributed by atoms with Crippen molar-refractivity contribution in [2.75, 3.05) is 26.3 Å². The number of furan rings is 1. The lowest BCUT2D eigenvalue weighted by atomic mass is 10.0. The van der Waals surface area contributed by atoms with E-state index < -0.39 is 5.79 Å². The minimum atomic E-state index is -0.476. The highest BCUT2D eigenvalue weighted by molar-refractivity contribution is 5.75. The number of benzene rings is 1. The van der Waals surface area contributed by atoms with Gasteiger partial charge in [-0.05, 0) is 17.7 Å². The van der Waals surface area contributed by atoms with Crippen molar-refractivity contribution < 1.29 is 18.7 Å². The van der Waals surface area contributed by atoms with Gasteiger partial charge < -0.3 is 24.1 Å². The molecule has 6 heteroatoms. The second kappa shape index (κ2) is 6.90. The molecule has 25 heavy (non-hydrogen) atoms. The molecular weight excluding hydrogens is 320 g/mol. The maximum atomic E-state index is 12.8. The van der Waals surface area contributed by atoms with Gasteiger partial charge in [0.05, 0.1) is 19.5 Å². The van der Waals surface area contributed by atoms with Gasteiger partial charge in [-0.3, -0.25) is 0 Å². The van der Waals surface area contributed by atoms with E-state index in [1.165, 1.54) is 0 Å². The molecule has 2 aromatic rings. The molecule has 3 heterocycles. The summed E-state index contributed by atoms with van der Waals surface area (Å²) in [4.78, 5) is 14.6. The molecule has 1 spiro atoms. The molecule has 0 aliphatic carbocycles. The van der Waals surface area contributed by atoms with Crippen LogP contribution in [0.25, 0.3) is 0 Å². The van der Waals surface area contributed by atoms with E-state index in [-0.39, 0.29) is 12.1 Å². The van der Waals surface area contributed by atoms with E-state index in [1.807, 2.05) is 47.4 Å². The molecule has 0 radical (unpaired) electrons. The van der Waals surface area contributed by atoms with Crippen LogP contribution >= 0.6 is 0 Å². The van der Waals surface area contributed by atoms with Crippen molar-refractivity contribution in [2.24, 2.45) is 0 Å². The van der Waals surface area contributed by atoms with Gasteiger partial charge in [0.2, 0.25) is 0 Å². The fourth-order valence-corrected chi connectivity index (χ4v) is 3.47. The van der Waals surface area contributed by atoms with Crippen LogP contribution in [0.3, 0.4) is 0 Å². The maximum Gasteiger partial charge on any atom is 0.318 e. The van der Waals surface area contributed by atoms with Crippen molar-refractivity contribution in [1.82, 2.24) is 10.2 Å². The number of amides is 2. The Balaban J connectivity index is 1.44. The smallest absolute Gasteiger partial charge is 0.318 e. The number of nitrogens with zero attached hydrogens (tertiary/aromatic N) is 1. The van der Waals surface area contributed by atoms with Crippen molar-refractivity contribution in [2.45, 2.75) is 24.7 Å². The highest BCUT2D eigenvalue weighted by Gasteiger charge is 2.41. The SMILES string of the molecule is O=C(NC(c1ccccc1)c1ccco1)N1CCC2(CC1)OCCO2. The standard InChI is InChI=1S/C19H22N2O4/c22-18(21-10-8-19(9-11-21)24-13-14-25-19)20-17(16-7-4-12-23-16)15-5-2-1-3-6-15/h1-7,12,17H,8-11,13-14H2,(H,20,22). The van der Waals surface area contributed by atoms with E-state index in [9.17, 15) is 4.79 Å². The Hall–Kier alpha value is -2.31. The van der Waals surface area contributed by atoms with E-state index in [0.717, 1.165) is 11.3 Å². The molecule has 2 aliphatic heterocycles. The van der Waals surface area contributed by atoms with Gasteiger partial charge in [-0.1, -0.05) is 30.3 Å². The molecule has 2 aliphatic rings. The summed E-state index contributed by atoms with van der Waals surface area (Å²) in [5.74, 6) is 0.242. The summed E-state index contributed by atoms with van der Waals surface area (Å²) in [5.41, 5.74) is 0.988. The lowest BCUT2D eigenvalue weighted by Crippen LogP contribution is -2.50. The first-order chi connectivity index (χ1) is 12.3. The van der Waals surface area contributed by atoms with Crippen LogP contribution in [-0.4, -0.2) is 43.0 Å². The van der Waals surface area contributed by atoms with Crippen LogP contribution in [0.1, 0.15) is 30.2 Å². The molecule has 2 saturated heterocycles. The summed E-state index contributed by atoms with van der Waals surface area (Å²) in [7, 11) is 0. The topological polar surface area (TPSA) is 63.9 Å². The average molecular weight is 342 g/mol. The highest BCUT2D eigenvalue weighted by Crippen LogP contribution is 2.31. The molecule has 1 N–H and O–H groups in total. The third kappa shape index (κ3) is 3.41. The normalized spacial score (nSPS) is 20.6.